The van der Waals surface area contributed by atoms with E-state index in [2.05, 4.69) is 25.6 Å². The minimum Gasteiger partial charge on any atom is -0.377 e. The summed E-state index contributed by atoms with van der Waals surface area (Å²) in [5, 5.41) is 7.29. The number of nitrogens with zero attached hydrogens (tertiary/aromatic N) is 3. The summed E-state index contributed by atoms with van der Waals surface area (Å²) in [5.41, 5.74) is 8.68. The van der Waals surface area contributed by atoms with Crippen LogP contribution in [0.15, 0.2) is 61.1 Å². The van der Waals surface area contributed by atoms with Gasteiger partial charge in [0.1, 0.15) is 5.82 Å². The monoisotopic (exact) mass is 450 g/mol. The highest BCUT2D eigenvalue weighted by molar-refractivity contribution is 6.34. The second kappa shape index (κ2) is 9.15. The highest BCUT2D eigenvalue weighted by Crippen LogP contribution is 2.35. The summed E-state index contributed by atoms with van der Waals surface area (Å²) in [4.78, 5) is 23.7. The second-order valence-electron chi connectivity index (χ2n) is 7.22. The van der Waals surface area contributed by atoms with Crippen LogP contribution in [-0.4, -0.2) is 27.4 Å². The van der Waals surface area contributed by atoms with E-state index in [1.54, 1.807) is 36.8 Å². The molecule has 0 saturated carbocycles. The van der Waals surface area contributed by atoms with E-state index >= 15 is 0 Å². The highest BCUT2D eigenvalue weighted by atomic mass is 35.5. The molecule has 9 heteroatoms. The molecule has 0 aliphatic heterocycles. The Hall–Kier alpha value is -3.78. The first-order valence-electron chi connectivity index (χ1n) is 9.86. The molecular weight excluding hydrogens is 431 g/mol. The van der Waals surface area contributed by atoms with E-state index in [4.69, 9.17) is 17.3 Å². The molecule has 0 aliphatic rings. The number of primary amides is 1. The maximum atomic E-state index is 14.2. The number of hydrogen-bond donors (Lipinski definition) is 3. The van der Waals surface area contributed by atoms with Crippen molar-refractivity contribution >= 4 is 40.0 Å². The van der Waals surface area contributed by atoms with Crippen LogP contribution in [0.2, 0.25) is 5.02 Å². The molecule has 0 unspecified atom stereocenters. The van der Waals surface area contributed by atoms with E-state index in [0.29, 0.717) is 22.2 Å². The number of rotatable bonds is 7. The number of nitrogens with one attached hydrogen (secondary N) is 2. The highest BCUT2D eigenvalue weighted by Gasteiger charge is 2.15. The molecule has 0 saturated heterocycles. The van der Waals surface area contributed by atoms with Crippen LogP contribution >= 0.6 is 11.6 Å². The van der Waals surface area contributed by atoms with Gasteiger partial charge >= 0.3 is 0 Å². The van der Waals surface area contributed by atoms with Crippen molar-refractivity contribution < 1.29 is 9.18 Å². The molecule has 7 nitrogen and oxygen atoms in total. The Labute approximate surface area is 188 Å². The largest absolute Gasteiger partial charge is 0.377 e. The maximum Gasteiger partial charge on any atom is 0.236 e. The fourth-order valence-electron chi connectivity index (χ4n) is 3.35. The number of fused-ring (bicyclic) bond motifs is 1. The summed E-state index contributed by atoms with van der Waals surface area (Å²) < 4.78 is 14.2. The van der Waals surface area contributed by atoms with E-state index in [9.17, 15) is 9.18 Å². The first kappa shape index (κ1) is 21.5. The molecule has 4 aromatic rings. The summed E-state index contributed by atoms with van der Waals surface area (Å²) >= 11 is 6.46. The first-order valence-corrected chi connectivity index (χ1v) is 10.2. The Bertz CT molecular complexity index is 1280. The van der Waals surface area contributed by atoms with Gasteiger partial charge in [0.2, 0.25) is 11.9 Å². The first-order chi connectivity index (χ1) is 15.4. The predicted octanol–water partition coefficient (Wildman–Crippen LogP) is 4.55. The number of benzene rings is 2. The molecule has 4 rings (SSSR count). The number of anilines is 2. The summed E-state index contributed by atoms with van der Waals surface area (Å²) in [5.74, 6) is -0.481. The third-order valence-electron chi connectivity index (χ3n) is 4.96. The Morgan fingerprint density at radius 3 is 2.56 bits per heavy atom. The SMILES string of the molecule is C[C@@H](Nc1c(Cl)cnc2ccc(-c3cnc(NCC(N)=O)nc3)cc12)c1ccccc1F. The van der Waals surface area contributed by atoms with Crippen molar-refractivity contribution in [3.8, 4) is 11.1 Å². The van der Waals surface area contributed by atoms with Crippen molar-refractivity contribution in [3.05, 3.63) is 77.5 Å². The van der Waals surface area contributed by atoms with Crippen molar-refractivity contribution in [1.82, 2.24) is 15.0 Å². The molecule has 0 bridgehead atoms. The van der Waals surface area contributed by atoms with Gasteiger partial charge in [-0.1, -0.05) is 35.9 Å². The molecule has 4 N–H and O–H groups in total. The smallest absolute Gasteiger partial charge is 0.236 e. The number of carbonyl (C=O) groups is 1. The zero-order chi connectivity index (χ0) is 22.7. The number of pyridine rings is 1. The molecule has 0 spiro atoms. The molecular formula is C23H20ClFN6O. The minimum atomic E-state index is -0.499. The molecule has 0 aliphatic carbocycles. The number of hydrogen-bond acceptors (Lipinski definition) is 6. The van der Waals surface area contributed by atoms with Crippen LogP contribution in [0.25, 0.3) is 22.0 Å². The zero-order valence-corrected chi connectivity index (χ0v) is 17.9. The number of nitrogens with two attached hydrogens (primary N) is 1. The third-order valence-corrected chi connectivity index (χ3v) is 5.25. The molecule has 2 heterocycles. The fourth-order valence-corrected chi connectivity index (χ4v) is 3.55. The zero-order valence-electron chi connectivity index (χ0n) is 17.1. The van der Waals surface area contributed by atoms with Gasteiger partial charge in [-0.2, -0.15) is 0 Å². The second-order valence-corrected chi connectivity index (χ2v) is 7.62. The fraction of sp³-hybridized carbons (Fsp3) is 0.130. The normalized spacial score (nSPS) is 11.8. The van der Waals surface area contributed by atoms with Gasteiger partial charge in [0.15, 0.2) is 0 Å². The molecule has 32 heavy (non-hydrogen) atoms. The molecule has 0 radical (unpaired) electrons. The van der Waals surface area contributed by atoms with Crippen LogP contribution in [-0.2, 0) is 4.79 Å². The van der Waals surface area contributed by atoms with Crippen molar-refractivity contribution in [3.63, 3.8) is 0 Å². The molecule has 0 fully saturated rings. The van der Waals surface area contributed by atoms with Crippen LogP contribution in [0.4, 0.5) is 16.0 Å². The average molecular weight is 451 g/mol. The third kappa shape index (κ3) is 4.60. The Morgan fingerprint density at radius 2 is 1.84 bits per heavy atom. The maximum absolute atomic E-state index is 14.2. The molecule has 2 aromatic heterocycles. The van der Waals surface area contributed by atoms with E-state index in [1.165, 1.54) is 6.07 Å². The lowest BCUT2D eigenvalue weighted by Gasteiger charge is -2.19. The molecule has 1 atom stereocenters. The van der Waals surface area contributed by atoms with Gasteiger partial charge in [-0.05, 0) is 30.7 Å². The lowest BCUT2D eigenvalue weighted by molar-refractivity contribution is -0.116. The Kier molecular flexibility index (Phi) is 6.13. The number of aromatic nitrogens is 3. The summed E-state index contributed by atoms with van der Waals surface area (Å²) in [6.45, 7) is 1.82. The van der Waals surface area contributed by atoms with Crippen LogP contribution in [0.3, 0.4) is 0 Å². The summed E-state index contributed by atoms with van der Waals surface area (Å²) in [7, 11) is 0. The number of halogens is 2. The topological polar surface area (TPSA) is 106 Å². The van der Waals surface area contributed by atoms with Crippen molar-refractivity contribution in [2.24, 2.45) is 5.73 Å². The van der Waals surface area contributed by atoms with Gasteiger partial charge in [0.05, 0.1) is 28.8 Å². The lowest BCUT2D eigenvalue weighted by atomic mass is 10.0. The summed E-state index contributed by atoms with van der Waals surface area (Å²) in [6, 6.07) is 12.0. The van der Waals surface area contributed by atoms with E-state index < -0.39 is 5.91 Å². The van der Waals surface area contributed by atoms with E-state index in [-0.39, 0.29) is 18.4 Å². The van der Waals surface area contributed by atoms with Crippen LogP contribution in [0, 0.1) is 5.82 Å². The average Bonchev–Trinajstić information content (AvgIpc) is 2.80. The van der Waals surface area contributed by atoms with Crippen LogP contribution in [0.1, 0.15) is 18.5 Å². The van der Waals surface area contributed by atoms with Gasteiger partial charge in [0.25, 0.3) is 0 Å². The van der Waals surface area contributed by atoms with Gasteiger partial charge in [0, 0.05) is 35.1 Å². The van der Waals surface area contributed by atoms with Gasteiger partial charge in [-0.3, -0.25) is 9.78 Å². The van der Waals surface area contributed by atoms with E-state index in [1.807, 2.05) is 25.1 Å². The Morgan fingerprint density at radius 1 is 1.09 bits per heavy atom. The van der Waals surface area contributed by atoms with E-state index in [0.717, 1.165) is 22.0 Å². The van der Waals surface area contributed by atoms with Crippen molar-refractivity contribution in [2.45, 2.75) is 13.0 Å². The summed E-state index contributed by atoms with van der Waals surface area (Å²) in [6.07, 6.45) is 4.86. The standard InChI is InChI=1S/C23H20ClFN6O/c1-13(16-4-2-3-5-19(16)25)31-22-17-8-14(6-7-20(17)27-11-18(22)24)15-9-28-23(29-10-15)30-12-21(26)32/h2-11,13H,12H2,1H3,(H2,26,32)(H,27,31)(H,28,29,30)/t13-/m1/s1. The van der Waals surface area contributed by atoms with Crippen LogP contribution < -0.4 is 16.4 Å². The molecule has 1 amide bonds. The quantitative estimate of drug-likeness (QED) is 0.381. The van der Waals surface area contributed by atoms with Gasteiger partial charge in [-0.15, -0.1) is 0 Å². The van der Waals surface area contributed by atoms with Crippen LogP contribution in [0.5, 0.6) is 0 Å². The van der Waals surface area contributed by atoms with Crippen molar-refractivity contribution in [1.29, 1.82) is 0 Å². The molecule has 2 aromatic carbocycles. The number of amides is 1. The van der Waals surface area contributed by atoms with Gasteiger partial charge < -0.3 is 16.4 Å². The van der Waals surface area contributed by atoms with Crippen molar-refractivity contribution in [2.75, 3.05) is 17.2 Å². The lowest BCUT2D eigenvalue weighted by Crippen LogP contribution is -2.22. The van der Waals surface area contributed by atoms with Gasteiger partial charge in [-0.25, -0.2) is 14.4 Å². The Balaban J connectivity index is 1.67. The minimum absolute atomic E-state index is 0.0469. The predicted molar refractivity (Wildman–Crippen MR) is 124 cm³/mol. The number of carbonyl (C=O) groups excluding carboxylic acids is 1. The molecule has 162 valence electrons.